The Balaban J connectivity index is 0.00000225. The monoisotopic (exact) mass is 310 g/mol. The molecule has 0 aliphatic rings. The van der Waals surface area contributed by atoms with Crippen LogP contribution in [0.3, 0.4) is 0 Å². The van der Waals surface area contributed by atoms with E-state index < -0.39 is 0 Å². The summed E-state index contributed by atoms with van der Waals surface area (Å²) < 4.78 is 13.6. The lowest BCUT2D eigenvalue weighted by atomic mass is 10.2. The lowest BCUT2D eigenvalue weighted by molar-refractivity contribution is 0.309. The van der Waals surface area contributed by atoms with Crippen LogP contribution in [-0.4, -0.2) is 24.5 Å². The molecule has 1 aromatic carbocycles. The lowest BCUT2D eigenvalue weighted by Gasteiger charge is -2.19. The molecular weight excluding hydrogens is 294 g/mol. The fourth-order valence-corrected chi connectivity index (χ4v) is 1.97. The van der Waals surface area contributed by atoms with Crippen molar-refractivity contribution in [3.8, 4) is 0 Å². The maximum absolute atomic E-state index is 12.8. The normalized spacial score (nSPS) is 12.4. The van der Waals surface area contributed by atoms with Crippen molar-refractivity contribution in [2.75, 3.05) is 13.6 Å². The summed E-state index contributed by atoms with van der Waals surface area (Å²) in [5, 5.41) is 0. The van der Waals surface area contributed by atoms with Gasteiger partial charge in [-0.3, -0.25) is 0 Å². The minimum Gasteiger partial charge on any atom is -0.327 e. The van der Waals surface area contributed by atoms with Gasteiger partial charge in [-0.05, 0) is 31.7 Å². The van der Waals surface area contributed by atoms with E-state index in [1.807, 2.05) is 14.0 Å². The van der Waals surface area contributed by atoms with E-state index in [0.717, 1.165) is 23.1 Å². The van der Waals surface area contributed by atoms with Crippen molar-refractivity contribution in [2.24, 2.45) is 5.73 Å². The highest BCUT2D eigenvalue weighted by Crippen LogP contribution is 2.19. The zero-order valence-electron chi connectivity index (χ0n) is 9.41. The van der Waals surface area contributed by atoms with Gasteiger partial charge in [0, 0.05) is 23.6 Å². The zero-order valence-corrected chi connectivity index (χ0v) is 11.8. The number of nitrogens with two attached hydrogens (primary N) is 1. The number of nitrogens with zero attached hydrogens (tertiary/aromatic N) is 1. The van der Waals surface area contributed by atoms with Crippen molar-refractivity contribution < 1.29 is 4.39 Å². The molecule has 5 heteroatoms. The number of likely N-dealkylation sites (N-methyl/N-ethyl adjacent to an activating group) is 1. The first-order valence-electron chi connectivity index (χ1n) is 4.87. The molecule has 92 valence electrons. The third kappa shape index (κ3) is 5.25. The topological polar surface area (TPSA) is 29.3 Å². The zero-order chi connectivity index (χ0) is 11.4. The highest BCUT2D eigenvalue weighted by Gasteiger charge is 2.06. The first-order valence-corrected chi connectivity index (χ1v) is 5.66. The molecule has 1 rings (SSSR count). The average molecular weight is 312 g/mol. The molecule has 0 amide bonds. The molecule has 0 bridgehead atoms. The number of hydrogen-bond donors (Lipinski definition) is 1. The van der Waals surface area contributed by atoms with Crippen LogP contribution in [0.4, 0.5) is 4.39 Å². The second-order valence-electron chi connectivity index (χ2n) is 3.91. The molecular formula is C11H17BrClFN2. The van der Waals surface area contributed by atoms with Gasteiger partial charge in [0.15, 0.2) is 0 Å². The quantitative estimate of drug-likeness (QED) is 0.926. The van der Waals surface area contributed by atoms with Crippen LogP contribution < -0.4 is 5.73 Å². The van der Waals surface area contributed by atoms with E-state index in [1.54, 1.807) is 6.07 Å². The highest BCUT2D eigenvalue weighted by atomic mass is 79.9. The van der Waals surface area contributed by atoms with E-state index in [2.05, 4.69) is 20.8 Å². The first-order chi connectivity index (χ1) is 6.99. The third-order valence-electron chi connectivity index (χ3n) is 2.06. The van der Waals surface area contributed by atoms with Crippen molar-refractivity contribution in [1.82, 2.24) is 4.90 Å². The molecule has 1 unspecified atom stereocenters. The van der Waals surface area contributed by atoms with Gasteiger partial charge in [0.25, 0.3) is 0 Å². The van der Waals surface area contributed by atoms with E-state index in [4.69, 9.17) is 5.73 Å². The summed E-state index contributed by atoms with van der Waals surface area (Å²) in [6, 6.07) is 4.89. The Labute approximate surface area is 111 Å². The van der Waals surface area contributed by atoms with Crippen LogP contribution in [0.2, 0.25) is 0 Å². The molecule has 0 saturated carbocycles. The molecule has 0 aromatic heterocycles. The minimum atomic E-state index is -0.222. The Kier molecular flexibility index (Phi) is 7.15. The maximum atomic E-state index is 12.8. The van der Waals surface area contributed by atoms with Crippen LogP contribution in [0.5, 0.6) is 0 Å². The summed E-state index contributed by atoms with van der Waals surface area (Å²) in [4.78, 5) is 2.11. The van der Waals surface area contributed by atoms with Gasteiger partial charge in [-0.15, -0.1) is 12.4 Å². The van der Waals surface area contributed by atoms with Crippen LogP contribution in [0.25, 0.3) is 0 Å². The van der Waals surface area contributed by atoms with E-state index in [-0.39, 0.29) is 24.3 Å². The molecule has 0 radical (unpaired) electrons. The van der Waals surface area contributed by atoms with E-state index in [1.165, 1.54) is 12.1 Å². The molecule has 0 heterocycles. The Morgan fingerprint density at radius 3 is 2.62 bits per heavy atom. The first kappa shape index (κ1) is 15.8. The van der Waals surface area contributed by atoms with Gasteiger partial charge in [0.2, 0.25) is 0 Å². The molecule has 0 aliphatic heterocycles. The van der Waals surface area contributed by atoms with Crippen molar-refractivity contribution in [3.63, 3.8) is 0 Å². The van der Waals surface area contributed by atoms with Crippen molar-refractivity contribution >= 4 is 28.3 Å². The van der Waals surface area contributed by atoms with Gasteiger partial charge in [0.1, 0.15) is 5.82 Å². The van der Waals surface area contributed by atoms with Crippen molar-refractivity contribution in [2.45, 2.75) is 19.5 Å². The Hall–Kier alpha value is -0.160. The summed E-state index contributed by atoms with van der Waals surface area (Å²) in [7, 11) is 2.00. The fourth-order valence-electron chi connectivity index (χ4n) is 1.50. The largest absolute Gasteiger partial charge is 0.327 e. The molecule has 0 spiro atoms. The van der Waals surface area contributed by atoms with Gasteiger partial charge in [-0.25, -0.2) is 4.39 Å². The Morgan fingerprint density at radius 1 is 1.50 bits per heavy atom. The summed E-state index contributed by atoms with van der Waals surface area (Å²) in [6.45, 7) is 3.56. The summed E-state index contributed by atoms with van der Waals surface area (Å²) in [5.41, 5.74) is 6.76. The summed E-state index contributed by atoms with van der Waals surface area (Å²) in [5.74, 6) is -0.222. The molecule has 2 N–H and O–H groups in total. The number of rotatable bonds is 4. The summed E-state index contributed by atoms with van der Waals surface area (Å²) >= 11 is 3.34. The smallest absolute Gasteiger partial charge is 0.124 e. The molecule has 0 aliphatic carbocycles. The maximum Gasteiger partial charge on any atom is 0.124 e. The SMILES string of the molecule is CC(N)CN(C)Cc1ccc(F)cc1Br.Cl. The van der Waals surface area contributed by atoms with E-state index in [9.17, 15) is 4.39 Å². The molecule has 0 fully saturated rings. The van der Waals surface area contributed by atoms with Crippen LogP contribution >= 0.6 is 28.3 Å². The third-order valence-corrected chi connectivity index (χ3v) is 2.79. The number of hydrogen-bond acceptors (Lipinski definition) is 2. The summed E-state index contributed by atoms with van der Waals surface area (Å²) in [6.07, 6.45) is 0. The van der Waals surface area contributed by atoms with Crippen LogP contribution in [0, 0.1) is 5.82 Å². The molecule has 1 aromatic rings. The van der Waals surface area contributed by atoms with Crippen molar-refractivity contribution in [1.29, 1.82) is 0 Å². The van der Waals surface area contributed by atoms with Gasteiger partial charge in [0.05, 0.1) is 0 Å². The van der Waals surface area contributed by atoms with E-state index >= 15 is 0 Å². The van der Waals surface area contributed by atoms with E-state index in [0.29, 0.717) is 0 Å². The Morgan fingerprint density at radius 2 is 2.12 bits per heavy atom. The van der Waals surface area contributed by atoms with Gasteiger partial charge < -0.3 is 10.6 Å². The average Bonchev–Trinajstić information content (AvgIpc) is 2.08. The second kappa shape index (κ2) is 7.22. The molecule has 0 saturated heterocycles. The van der Waals surface area contributed by atoms with Gasteiger partial charge in [-0.2, -0.15) is 0 Å². The molecule has 1 atom stereocenters. The predicted molar refractivity (Wildman–Crippen MR) is 71.3 cm³/mol. The van der Waals surface area contributed by atoms with Crippen LogP contribution in [0.15, 0.2) is 22.7 Å². The van der Waals surface area contributed by atoms with Crippen LogP contribution in [-0.2, 0) is 6.54 Å². The molecule has 16 heavy (non-hydrogen) atoms. The molecule has 2 nitrogen and oxygen atoms in total. The Bertz CT molecular complexity index is 334. The minimum absolute atomic E-state index is 0. The number of halogens is 3. The fraction of sp³-hybridized carbons (Fsp3) is 0.455. The van der Waals surface area contributed by atoms with Crippen molar-refractivity contribution in [3.05, 3.63) is 34.1 Å². The predicted octanol–water partition coefficient (Wildman–Crippen LogP) is 2.79. The lowest BCUT2D eigenvalue weighted by Crippen LogP contribution is -2.32. The van der Waals surface area contributed by atoms with Gasteiger partial charge >= 0.3 is 0 Å². The standard InChI is InChI=1S/C11H16BrFN2.ClH/c1-8(14)6-15(2)7-9-3-4-10(13)5-11(9)12;/h3-5,8H,6-7,14H2,1-2H3;1H. The second-order valence-corrected chi connectivity index (χ2v) is 4.76. The van der Waals surface area contributed by atoms with Crippen LogP contribution in [0.1, 0.15) is 12.5 Å². The number of benzene rings is 1. The highest BCUT2D eigenvalue weighted by molar-refractivity contribution is 9.10. The van der Waals surface area contributed by atoms with Gasteiger partial charge in [-0.1, -0.05) is 22.0 Å².